The maximum Gasteiger partial charge on any atom is 0.169 e. The topological polar surface area (TPSA) is 33.6 Å². The van der Waals surface area contributed by atoms with Gasteiger partial charge in [-0.15, -0.1) is 0 Å². The Bertz CT molecular complexity index is 543. The van der Waals surface area contributed by atoms with E-state index in [9.17, 15) is 0 Å². The van der Waals surface area contributed by atoms with Gasteiger partial charge in [0.25, 0.3) is 0 Å². The van der Waals surface area contributed by atoms with Crippen LogP contribution in [0.25, 0.3) is 0 Å². The van der Waals surface area contributed by atoms with E-state index in [0.717, 1.165) is 18.8 Å². The van der Waals surface area contributed by atoms with Gasteiger partial charge in [-0.25, -0.2) is 0 Å². The number of aliphatic imine (C=N–C) groups is 1. The lowest BCUT2D eigenvalue weighted by molar-refractivity contribution is -0.160. The third kappa shape index (κ3) is 4.14. The van der Waals surface area contributed by atoms with Crippen LogP contribution < -0.4 is 5.32 Å². The van der Waals surface area contributed by atoms with Crippen molar-refractivity contribution in [2.75, 3.05) is 6.54 Å². The summed E-state index contributed by atoms with van der Waals surface area (Å²) in [5.41, 5.74) is 0.573. The Morgan fingerprint density at radius 3 is 2.43 bits per heavy atom. The van der Waals surface area contributed by atoms with E-state index in [1.165, 1.54) is 37.7 Å². The van der Waals surface area contributed by atoms with Gasteiger partial charge in [-0.2, -0.15) is 0 Å². The molecule has 1 aromatic rings. The highest BCUT2D eigenvalue weighted by atomic mass is 16.5. The predicted molar refractivity (Wildman–Crippen MR) is 95.6 cm³/mol. The molecule has 0 amide bonds. The fourth-order valence-corrected chi connectivity index (χ4v) is 3.43. The largest absolute Gasteiger partial charge is 0.346 e. The monoisotopic (exact) mass is 314 g/mol. The molecule has 1 aromatic carbocycles. The average molecular weight is 314 g/mol. The first kappa shape index (κ1) is 16.5. The minimum atomic E-state index is -0.442. The van der Waals surface area contributed by atoms with E-state index in [1.54, 1.807) is 0 Å². The molecule has 1 saturated carbocycles. The van der Waals surface area contributed by atoms with Crippen LogP contribution in [-0.2, 0) is 10.5 Å². The molecule has 1 N–H and O–H groups in total. The summed E-state index contributed by atoms with van der Waals surface area (Å²) in [5, 5.41) is 3.77. The zero-order valence-electron chi connectivity index (χ0n) is 14.8. The van der Waals surface area contributed by atoms with Gasteiger partial charge in [0.2, 0.25) is 0 Å². The number of ether oxygens (including phenoxy) is 1. The van der Waals surface area contributed by atoms with Crippen LogP contribution in [0.1, 0.15) is 64.9 Å². The molecule has 2 aliphatic rings. The summed E-state index contributed by atoms with van der Waals surface area (Å²) in [5.74, 6) is 1.65. The van der Waals surface area contributed by atoms with Gasteiger partial charge in [0.05, 0.1) is 11.4 Å². The van der Waals surface area contributed by atoms with Crippen molar-refractivity contribution >= 4 is 5.84 Å². The van der Waals surface area contributed by atoms with Crippen LogP contribution in [0.4, 0.5) is 0 Å². The van der Waals surface area contributed by atoms with Gasteiger partial charge < -0.3 is 10.1 Å². The first-order valence-electron chi connectivity index (χ1n) is 9.07. The zero-order chi connectivity index (χ0) is 16.3. The molecule has 0 radical (unpaired) electrons. The van der Waals surface area contributed by atoms with E-state index in [-0.39, 0.29) is 5.60 Å². The Balaban J connectivity index is 1.95. The highest BCUT2D eigenvalue weighted by molar-refractivity contribution is 5.83. The number of hydrogen-bond acceptors (Lipinski definition) is 3. The fraction of sp³-hybridized carbons (Fsp3) is 0.650. The molecule has 1 heterocycles. The molecule has 3 rings (SSSR count). The SMILES string of the molecule is CC(C)(C)OC(NC1=NCCCCC1)(c1ccccc1)C1CC1. The summed E-state index contributed by atoms with van der Waals surface area (Å²) in [6.45, 7) is 7.37. The highest BCUT2D eigenvalue weighted by Gasteiger charge is 2.50. The third-order valence-corrected chi connectivity index (χ3v) is 4.53. The minimum absolute atomic E-state index is 0.212. The number of amidine groups is 1. The Morgan fingerprint density at radius 2 is 1.78 bits per heavy atom. The molecule has 1 aliphatic heterocycles. The lowest BCUT2D eigenvalue weighted by Crippen LogP contribution is -2.53. The highest BCUT2D eigenvalue weighted by Crippen LogP contribution is 2.48. The number of nitrogens with zero attached hydrogens (tertiary/aromatic N) is 1. The van der Waals surface area contributed by atoms with Gasteiger partial charge in [-0.05, 0) is 46.5 Å². The van der Waals surface area contributed by atoms with Crippen LogP contribution in [0, 0.1) is 5.92 Å². The Morgan fingerprint density at radius 1 is 1.04 bits per heavy atom. The molecular formula is C20H30N2O. The van der Waals surface area contributed by atoms with Gasteiger partial charge >= 0.3 is 0 Å². The van der Waals surface area contributed by atoms with Crippen molar-refractivity contribution in [2.24, 2.45) is 10.9 Å². The fourth-order valence-electron chi connectivity index (χ4n) is 3.43. The minimum Gasteiger partial charge on any atom is -0.346 e. The van der Waals surface area contributed by atoms with Gasteiger partial charge in [0.1, 0.15) is 0 Å². The van der Waals surface area contributed by atoms with Crippen molar-refractivity contribution in [3.05, 3.63) is 35.9 Å². The summed E-state index contributed by atoms with van der Waals surface area (Å²) in [6, 6.07) is 10.7. The Hall–Kier alpha value is -1.35. The molecule has 1 aliphatic carbocycles. The summed E-state index contributed by atoms with van der Waals surface area (Å²) >= 11 is 0. The number of rotatable bonds is 4. The second-order valence-electron chi connectivity index (χ2n) is 7.85. The summed E-state index contributed by atoms with van der Waals surface area (Å²) in [4.78, 5) is 4.80. The van der Waals surface area contributed by atoms with Crippen LogP contribution in [0.3, 0.4) is 0 Å². The van der Waals surface area contributed by atoms with Crippen molar-refractivity contribution in [3.8, 4) is 0 Å². The summed E-state index contributed by atoms with van der Waals surface area (Å²) in [7, 11) is 0. The van der Waals surface area contributed by atoms with Crippen LogP contribution in [-0.4, -0.2) is 18.0 Å². The van der Waals surface area contributed by atoms with Gasteiger partial charge in [-0.1, -0.05) is 36.8 Å². The first-order valence-corrected chi connectivity index (χ1v) is 9.07. The molecule has 1 atom stereocenters. The zero-order valence-corrected chi connectivity index (χ0v) is 14.8. The van der Waals surface area contributed by atoms with Crippen molar-refractivity contribution < 1.29 is 4.74 Å². The summed E-state index contributed by atoms with van der Waals surface area (Å²) in [6.07, 6.45) is 7.16. The van der Waals surface area contributed by atoms with E-state index in [2.05, 4.69) is 56.4 Å². The average Bonchev–Trinajstić information content (AvgIpc) is 3.34. The Labute approximate surface area is 140 Å². The molecule has 23 heavy (non-hydrogen) atoms. The first-order chi connectivity index (χ1) is 11.0. The quantitative estimate of drug-likeness (QED) is 0.822. The number of benzene rings is 1. The number of hydrogen-bond donors (Lipinski definition) is 1. The molecule has 0 aromatic heterocycles. The van der Waals surface area contributed by atoms with Crippen LogP contribution in [0.15, 0.2) is 35.3 Å². The van der Waals surface area contributed by atoms with Crippen molar-refractivity contribution in [2.45, 2.75) is 70.6 Å². The molecule has 126 valence electrons. The molecule has 0 saturated heterocycles. The molecule has 0 spiro atoms. The van der Waals surface area contributed by atoms with E-state index in [1.807, 2.05) is 0 Å². The standard InChI is InChI=1S/C20H30N2O/c1-19(2,3)23-20(17-13-14-17,16-10-6-4-7-11-16)22-18-12-8-5-9-15-21-18/h4,6-7,10-11,17H,5,8-9,12-15H2,1-3H3,(H,21,22). The number of nitrogens with one attached hydrogen (secondary N) is 1. The van der Waals surface area contributed by atoms with Gasteiger partial charge in [0, 0.05) is 24.4 Å². The Kier molecular flexibility index (Phi) is 4.77. The van der Waals surface area contributed by atoms with Crippen LogP contribution >= 0.6 is 0 Å². The lowest BCUT2D eigenvalue weighted by Gasteiger charge is -2.42. The van der Waals surface area contributed by atoms with E-state index in [0.29, 0.717) is 5.92 Å². The smallest absolute Gasteiger partial charge is 0.169 e. The maximum atomic E-state index is 6.69. The van der Waals surface area contributed by atoms with Crippen molar-refractivity contribution in [3.63, 3.8) is 0 Å². The van der Waals surface area contributed by atoms with Crippen molar-refractivity contribution in [1.82, 2.24) is 5.32 Å². The van der Waals surface area contributed by atoms with Crippen LogP contribution in [0.5, 0.6) is 0 Å². The maximum absolute atomic E-state index is 6.69. The molecular weight excluding hydrogens is 284 g/mol. The normalized spacial score (nSPS) is 22.0. The van der Waals surface area contributed by atoms with Crippen molar-refractivity contribution in [1.29, 1.82) is 0 Å². The van der Waals surface area contributed by atoms with E-state index in [4.69, 9.17) is 9.73 Å². The van der Waals surface area contributed by atoms with E-state index < -0.39 is 5.72 Å². The third-order valence-electron chi connectivity index (χ3n) is 4.53. The van der Waals surface area contributed by atoms with Crippen LogP contribution in [0.2, 0.25) is 0 Å². The summed E-state index contributed by atoms with van der Waals surface area (Å²) < 4.78 is 6.69. The van der Waals surface area contributed by atoms with E-state index >= 15 is 0 Å². The molecule has 3 nitrogen and oxygen atoms in total. The van der Waals surface area contributed by atoms with Gasteiger partial charge in [-0.3, -0.25) is 4.99 Å². The second kappa shape index (κ2) is 6.64. The second-order valence-corrected chi connectivity index (χ2v) is 7.85. The molecule has 1 unspecified atom stereocenters. The molecule has 3 heteroatoms. The lowest BCUT2D eigenvalue weighted by atomic mass is 9.95. The molecule has 1 fully saturated rings. The molecule has 0 bridgehead atoms. The van der Waals surface area contributed by atoms with Gasteiger partial charge in [0.15, 0.2) is 5.72 Å². The predicted octanol–water partition coefficient (Wildman–Crippen LogP) is 4.63.